The summed E-state index contributed by atoms with van der Waals surface area (Å²) in [6.07, 6.45) is -5.84. The van der Waals surface area contributed by atoms with Crippen LogP contribution in [0, 0.1) is 0 Å². The first-order chi connectivity index (χ1) is 22.8. The lowest BCUT2D eigenvalue weighted by molar-refractivity contribution is 0.327. The number of halogens is 2. The fourth-order valence-electron chi connectivity index (χ4n) is 4.01. The number of aryl methyl sites for hydroxylation is 4. The van der Waals surface area contributed by atoms with E-state index >= 15 is 0 Å². The van der Waals surface area contributed by atoms with E-state index in [1.807, 2.05) is 0 Å². The molecule has 0 N–H and O–H groups in total. The molecule has 0 aliphatic heterocycles. The molecule has 4 aromatic heterocycles. The van der Waals surface area contributed by atoms with Gasteiger partial charge in [-0.05, 0) is 52.3 Å². The van der Waals surface area contributed by atoms with E-state index in [-0.39, 0.29) is 61.1 Å². The molecule has 0 amide bonds. The molecule has 0 spiro atoms. The van der Waals surface area contributed by atoms with Crippen LogP contribution in [0.2, 0.25) is 0 Å². The molecule has 0 saturated carbocycles. The second kappa shape index (κ2) is 13.0. The predicted molar refractivity (Wildman–Crippen MR) is 149 cm³/mol. The van der Waals surface area contributed by atoms with Crippen molar-refractivity contribution in [3.05, 3.63) is 54.3 Å². The summed E-state index contributed by atoms with van der Waals surface area (Å²) in [5, 5.41) is 0. The van der Waals surface area contributed by atoms with Crippen molar-refractivity contribution in [1.82, 2.24) is 37.4 Å². The average Bonchev–Trinajstić information content (AvgIpc) is 3.65. The number of aromatic nitrogens is 8. The molecule has 0 aliphatic rings. The Kier molecular flexibility index (Phi) is 6.27. The van der Waals surface area contributed by atoms with E-state index in [0.29, 0.717) is 0 Å². The topological polar surface area (TPSA) is 124 Å². The summed E-state index contributed by atoms with van der Waals surface area (Å²) in [5.74, 6) is 0. The lowest BCUT2D eigenvalue weighted by Gasteiger charge is -2.08. The van der Waals surface area contributed by atoms with Gasteiger partial charge in [0, 0.05) is 54.8 Å². The first-order valence-corrected chi connectivity index (χ1v) is 12.4. The summed E-state index contributed by atoms with van der Waals surface area (Å²) < 4.78 is 107. The van der Waals surface area contributed by atoms with Crippen LogP contribution in [-0.4, -0.2) is 49.7 Å². The van der Waals surface area contributed by atoms with Crippen molar-refractivity contribution in [1.29, 1.82) is 0 Å². The largest absolute Gasteiger partial charge is 0.332 e. The van der Waals surface area contributed by atoms with Crippen molar-refractivity contribution in [3.63, 3.8) is 0 Å². The Morgan fingerprint density at radius 1 is 0.750 bits per heavy atom. The maximum Gasteiger partial charge on any atom is 0.332 e. The number of hydrogen-bond donors (Lipinski definition) is 0. The molecule has 0 fully saturated rings. The van der Waals surface area contributed by atoms with Gasteiger partial charge in [-0.1, -0.05) is 0 Å². The van der Waals surface area contributed by atoms with Crippen LogP contribution in [-0.2, 0) is 41.1 Å². The van der Waals surface area contributed by atoms with Gasteiger partial charge in [0.05, 0.1) is 25.0 Å². The van der Waals surface area contributed by atoms with Crippen molar-refractivity contribution in [2.24, 2.45) is 28.0 Å². The standard InChI is InChI=1S/2C13H19FN4O2/c2*1-9(14)6-4-5-7-18-12(19)10-11(15-8-16(10)2)17(3)13(18)20/h2*8-9H,4-7H2,1-3H3/t2*9-/m10/s1/i2*2D3,6D2. The Morgan fingerprint density at radius 3 is 1.45 bits per heavy atom. The maximum absolute atomic E-state index is 13.2. The third-order valence-corrected chi connectivity index (χ3v) is 6.03. The van der Waals surface area contributed by atoms with E-state index in [1.165, 1.54) is 14.1 Å². The number of imidazole rings is 2. The van der Waals surface area contributed by atoms with Gasteiger partial charge in [-0.15, -0.1) is 0 Å². The molecule has 0 aliphatic carbocycles. The third-order valence-electron chi connectivity index (χ3n) is 6.03. The minimum absolute atomic E-state index is 0.0455. The van der Waals surface area contributed by atoms with Crippen molar-refractivity contribution in [2.75, 3.05) is 0 Å². The van der Waals surface area contributed by atoms with Gasteiger partial charge in [-0.2, -0.15) is 0 Å². The quantitative estimate of drug-likeness (QED) is 0.285. The molecule has 4 heterocycles. The molecular formula is C26H38F2N8O4. The van der Waals surface area contributed by atoms with Crippen molar-refractivity contribution in [2.45, 2.75) is 77.7 Å². The summed E-state index contributed by atoms with van der Waals surface area (Å²) in [7, 11) is 2.72. The van der Waals surface area contributed by atoms with Crippen LogP contribution in [0.4, 0.5) is 8.78 Å². The first-order valence-electron chi connectivity index (χ1n) is 17.4. The molecule has 4 aromatic rings. The first kappa shape index (κ1) is 19.3. The predicted octanol–water partition coefficient (Wildman–Crippen LogP) is 1.92. The van der Waals surface area contributed by atoms with Crippen LogP contribution >= 0.6 is 0 Å². The number of rotatable bonds is 10. The highest BCUT2D eigenvalue weighted by Crippen LogP contribution is 2.07. The number of nitrogens with zero attached hydrogens (tertiary/aromatic N) is 8. The van der Waals surface area contributed by atoms with E-state index < -0.39 is 61.5 Å². The van der Waals surface area contributed by atoms with Gasteiger partial charge in [0.2, 0.25) is 0 Å². The summed E-state index contributed by atoms with van der Waals surface area (Å²) in [6, 6.07) is 0. The zero-order valence-electron chi connectivity index (χ0n) is 32.5. The van der Waals surface area contributed by atoms with Gasteiger partial charge in [-0.3, -0.25) is 27.9 Å². The molecule has 0 aromatic carbocycles. The molecule has 0 unspecified atom stereocenters. The van der Waals surface area contributed by atoms with Crippen LogP contribution in [0.25, 0.3) is 22.3 Å². The second-order valence-corrected chi connectivity index (χ2v) is 9.02. The SMILES string of the molecule is [2H]C([2H])(CCCn1c(=O)c2c(ncn2C([2H])([2H])[2H])n(C)c1=O)[C@@H](C)F.[2H]C([2H])(CCCn1c(=O)c2c(ncn2C([2H])([2H])[2H])n(C)c1=O)[C@H](C)F. The molecule has 0 radical (unpaired) electrons. The highest BCUT2D eigenvalue weighted by molar-refractivity contribution is 5.70. The van der Waals surface area contributed by atoms with E-state index in [4.69, 9.17) is 13.7 Å². The van der Waals surface area contributed by atoms with E-state index in [0.717, 1.165) is 53.9 Å². The van der Waals surface area contributed by atoms with Crippen LogP contribution in [0.15, 0.2) is 31.8 Å². The smallest absolute Gasteiger partial charge is 0.328 e. The minimum Gasteiger partial charge on any atom is -0.328 e. The maximum atomic E-state index is 13.2. The van der Waals surface area contributed by atoms with E-state index in [9.17, 15) is 28.0 Å². The zero-order chi connectivity index (χ0) is 38.3. The molecule has 12 nitrogen and oxygen atoms in total. The summed E-state index contributed by atoms with van der Waals surface area (Å²) in [5.41, 5.74) is -3.58. The van der Waals surface area contributed by atoms with E-state index in [2.05, 4.69) is 9.97 Å². The fraction of sp³-hybridized carbons (Fsp3) is 0.615. The highest BCUT2D eigenvalue weighted by atomic mass is 19.1. The van der Waals surface area contributed by atoms with Gasteiger partial charge in [0.25, 0.3) is 11.1 Å². The molecule has 40 heavy (non-hydrogen) atoms. The van der Waals surface area contributed by atoms with Gasteiger partial charge in [0.1, 0.15) is 0 Å². The van der Waals surface area contributed by atoms with Crippen molar-refractivity contribution < 1.29 is 22.5 Å². The molecular weight excluding hydrogens is 526 g/mol. The van der Waals surface area contributed by atoms with Gasteiger partial charge in [-0.25, -0.2) is 28.3 Å². The highest BCUT2D eigenvalue weighted by Gasteiger charge is 2.15. The summed E-state index contributed by atoms with van der Waals surface area (Å²) >= 11 is 0. The van der Waals surface area contributed by atoms with Crippen LogP contribution in [0.5, 0.6) is 0 Å². The third kappa shape index (κ3) is 6.48. The Labute approximate surface area is 243 Å². The van der Waals surface area contributed by atoms with Crippen LogP contribution in [0.1, 0.15) is 66.0 Å². The fourth-order valence-corrected chi connectivity index (χ4v) is 4.01. The average molecular weight is 575 g/mol. The molecule has 220 valence electrons. The lowest BCUT2D eigenvalue weighted by atomic mass is 10.2. The molecule has 14 heteroatoms. The Morgan fingerprint density at radius 2 is 1.12 bits per heavy atom. The van der Waals surface area contributed by atoms with Gasteiger partial charge in [0.15, 0.2) is 22.3 Å². The second-order valence-electron chi connectivity index (χ2n) is 9.02. The van der Waals surface area contributed by atoms with Crippen molar-refractivity contribution >= 4 is 22.3 Å². The summed E-state index contributed by atoms with van der Waals surface area (Å²) in [4.78, 5) is 57.5. The Hall–Kier alpha value is -3.84. The van der Waals surface area contributed by atoms with Gasteiger partial charge >= 0.3 is 11.4 Å². The molecule has 0 saturated heterocycles. The number of alkyl halides is 2. The summed E-state index contributed by atoms with van der Waals surface area (Å²) in [6.45, 7) is -3.37. The van der Waals surface area contributed by atoms with Crippen molar-refractivity contribution in [3.8, 4) is 0 Å². The monoisotopic (exact) mass is 574 g/mol. The Balaban J connectivity index is 0.000000270. The molecule has 0 bridgehead atoms. The Bertz CT molecular complexity index is 1940. The van der Waals surface area contributed by atoms with Crippen LogP contribution in [0.3, 0.4) is 0 Å². The normalized spacial score (nSPS) is 18.1. The number of fused-ring (bicyclic) bond motifs is 2. The number of hydrogen-bond acceptors (Lipinski definition) is 6. The van der Waals surface area contributed by atoms with E-state index in [1.54, 1.807) is 0 Å². The van der Waals surface area contributed by atoms with Gasteiger partial charge < -0.3 is 9.13 Å². The molecule has 4 rings (SSSR count). The van der Waals surface area contributed by atoms with Crippen LogP contribution < -0.4 is 22.5 Å². The lowest BCUT2D eigenvalue weighted by Crippen LogP contribution is -2.39. The molecule has 2 atom stereocenters. The minimum atomic E-state index is -2.63. The zero-order valence-corrected chi connectivity index (χ0v) is 22.5.